The van der Waals surface area contributed by atoms with Gasteiger partial charge in [-0.05, 0) is 29.7 Å². The maximum absolute atomic E-state index is 13.0. The number of hydrogen-bond donors (Lipinski definition) is 1. The Kier molecular flexibility index (Phi) is 6.86. The number of halogens is 1. The number of thiophene rings is 1. The van der Waals surface area contributed by atoms with Gasteiger partial charge in [-0.2, -0.15) is 0 Å². The van der Waals surface area contributed by atoms with Crippen LogP contribution in [0.25, 0.3) is 0 Å². The van der Waals surface area contributed by atoms with E-state index in [0.29, 0.717) is 28.4 Å². The summed E-state index contributed by atoms with van der Waals surface area (Å²) < 4.78 is 33.4. The van der Waals surface area contributed by atoms with E-state index in [-0.39, 0.29) is 34.7 Å². The number of benzene rings is 1. The Hall–Kier alpha value is -1.94. The SMILES string of the molecule is COC(=O)c1c(S(=O)(=O)NCc2ccc(Cl)cc2)sc2c1CCN(C(=O)C(C)C)C2. The van der Waals surface area contributed by atoms with Crippen LogP contribution in [0.1, 0.15) is 40.2 Å². The molecule has 2 heterocycles. The van der Waals surface area contributed by atoms with E-state index in [0.717, 1.165) is 16.9 Å². The average Bonchev–Trinajstić information content (AvgIpc) is 3.12. The second-order valence-corrected chi connectivity index (χ2v) is 10.8. The summed E-state index contributed by atoms with van der Waals surface area (Å²) in [5, 5.41) is 0.556. The quantitative estimate of drug-likeness (QED) is 0.654. The van der Waals surface area contributed by atoms with Gasteiger partial charge in [-0.25, -0.2) is 17.9 Å². The number of hydrogen-bond acceptors (Lipinski definition) is 6. The first kappa shape index (κ1) is 22.7. The van der Waals surface area contributed by atoms with Crippen LogP contribution in [0.2, 0.25) is 5.02 Å². The number of sulfonamides is 1. The molecular weight excluding hydrogens is 448 g/mol. The fraction of sp³-hybridized carbons (Fsp3) is 0.400. The summed E-state index contributed by atoms with van der Waals surface area (Å²) in [6.45, 7) is 4.42. The fourth-order valence-corrected chi connectivity index (χ4v) is 6.36. The van der Waals surface area contributed by atoms with Gasteiger partial charge >= 0.3 is 5.97 Å². The highest BCUT2D eigenvalue weighted by atomic mass is 35.5. The average molecular weight is 471 g/mol. The molecule has 1 aliphatic rings. The lowest BCUT2D eigenvalue weighted by Crippen LogP contribution is -2.38. The monoisotopic (exact) mass is 470 g/mol. The number of carbonyl (C=O) groups is 2. The lowest BCUT2D eigenvalue weighted by atomic mass is 10.0. The van der Waals surface area contributed by atoms with Gasteiger partial charge in [-0.3, -0.25) is 4.79 Å². The van der Waals surface area contributed by atoms with Crippen LogP contribution in [0.5, 0.6) is 0 Å². The molecular formula is C20H23ClN2O5S2. The van der Waals surface area contributed by atoms with Crippen LogP contribution in [0.3, 0.4) is 0 Å². The van der Waals surface area contributed by atoms with Gasteiger partial charge in [0, 0.05) is 28.9 Å². The maximum Gasteiger partial charge on any atom is 0.340 e. The molecule has 1 aromatic heterocycles. The van der Waals surface area contributed by atoms with Crippen LogP contribution in [-0.4, -0.2) is 38.8 Å². The first-order chi connectivity index (χ1) is 14.1. The normalized spacial score (nSPS) is 14.0. The van der Waals surface area contributed by atoms with Crippen molar-refractivity contribution in [1.29, 1.82) is 0 Å². The Morgan fingerprint density at radius 2 is 1.93 bits per heavy atom. The zero-order valence-electron chi connectivity index (χ0n) is 16.9. The Morgan fingerprint density at radius 1 is 1.27 bits per heavy atom. The van der Waals surface area contributed by atoms with Crippen molar-refractivity contribution in [2.45, 2.75) is 37.6 Å². The molecule has 10 heteroatoms. The van der Waals surface area contributed by atoms with E-state index in [2.05, 4.69) is 4.72 Å². The summed E-state index contributed by atoms with van der Waals surface area (Å²) in [7, 11) is -2.75. The second-order valence-electron chi connectivity index (χ2n) is 7.27. The molecule has 0 saturated carbocycles. The molecule has 2 aromatic rings. The van der Waals surface area contributed by atoms with Crippen molar-refractivity contribution in [3.05, 3.63) is 50.9 Å². The molecule has 0 atom stereocenters. The molecule has 7 nitrogen and oxygen atoms in total. The zero-order chi connectivity index (χ0) is 22.1. The predicted octanol–water partition coefficient (Wildman–Crippen LogP) is 3.21. The van der Waals surface area contributed by atoms with Gasteiger partial charge in [0.15, 0.2) is 0 Å². The first-order valence-corrected chi connectivity index (χ1v) is 12.1. The van der Waals surface area contributed by atoms with Gasteiger partial charge < -0.3 is 9.64 Å². The third kappa shape index (κ3) is 4.69. The molecule has 1 N–H and O–H groups in total. The number of rotatable bonds is 6. The number of amides is 1. The highest BCUT2D eigenvalue weighted by molar-refractivity contribution is 7.91. The minimum atomic E-state index is -3.97. The second kappa shape index (κ2) is 9.05. The van der Waals surface area contributed by atoms with Gasteiger partial charge in [0.05, 0.1) is 19.2 Å². The predicted molar refractivity (Wildman–Crippen MR) is 115 cm³/mol. The van der Waals surface area contributed by atoms with E-state index in [1.807, 2.05) is 13.8 Å². The molecule has 0 radical (unpaired) electrons. The fourth-order valence-electron chi connectivity index (χ4n) is 3.28. The van der Waals surface area contributed by atoms with E-state index in [4.69, 9.17) is 16.3 Å². The van der Waals surface area contributed by atoms with Crippen molar-refractivity contribution < 1.29 is 22.7 Å². The van der Waals surface area contributed by atoms with E-state index in [1.165, 1.54) is 7.11 Å². The molecule has 0 saturated heterocycles. The van der Waals surface area contributed by atoms with E-state index in [1.54, 1.807) is 29.2 Å². The minimum Gasteiger partial charge on any atom is -0.465 e. The van der Waals surface area contributed by atoms with E-state index < -0.39 is 16.0 Å². The van der Waals surface area contributed by atoms with Crippen LogP contribution >= 0.6 is 22.9 Å². The standard InChI is InChI=1S/C20H23ClN2O5S2/c1-12(2)18(24)23-9-8-15-16(11-23)29-20(17(15)19(25)28-3)30(26,27)22-10-13-4-6-14(21)7-5-13/h4-7,12,22H,8-11H2,1-3H3. The summed E-state index contributed by atoms with van der Waals surface area (Å²) in [6.07, 6.45) is 0.404. The van der Waals surface area contributed by atoms with Crippen LogP contribution in [0, 0.1) is 5.92 Å². The smallest absolute Gasteiger partial charge is 0.340 e. The number of carbonyl (C=O) groups excluding carboxylic acids is 2. The molecule has 0 aliphatic carbocycles. The third-order valence-corrected chi connectivity index (χ3v) is 8.23. The summed E-state index contributed by atoms with van der Waals surface area (Å²) in [4.78, 5) is 27.2. The summed E-state index contributed by atoms with van der Waals surface area (Å²) >= 11 is 6.88. The Bertz CT molecular complexity index is 1060. The molecule has 0 unspecified atom stereocenters. The van der Waals surface area contributed by atoms with Crippen molar-refractivity contribution in [1.82, 2.24) is 9.62 Å². The van der Waals surface area contributed by atoms with E-state index in [9.17, 15) is 18.0 Å². The molecule has 0 bridgehead atoms. The van der Waals surface area contributed by atoms with Gasteiger partial charge in [0.2, 0.25) is 5.91 Å². The van der Waals surface area contributed by atoms with Gasteiger partial charge in [-0.1, -0.05) is 37.6 Å². The topological polar surface area (TPSA) is 92.8 Å². The van der Waals surface area contributed by atoms with Gasteiger partial charge in [-0.15, -0.1) is 11.3 Å². The first-order valence-electron chi connectivity index (χ1n) is 9.39. The number of fused-ring (bicyclic) bond motifs is 1. The van der Waals surface area contributed by atoms with Crippen LogP contribution in [0.15, 0.2) is 28.5 Å². The molecule has 1 aliphatic heterocycles. The summed E-state index contributed by atoms with van der Waals surface area (Å²) in [5.74, 6) is -0.849. The highest BCUT2D eigenvalue weighted by Crippen LogP contribution is 2.37. The molecule has 162 valence electrons. The van der Waals surface area contributed by atoms with Crippen LogP contribution < -0.4 is 4.72 Å². The molecule has 0 spiro atoms. The van der Waals surface area contributed by atoms with Crippen molar-refractivity contribution >= 4 is 44.8 Å². The molecule has 1 amide bonds. The number of nitrogens with one attached hydrogen (secondary N) is 1. The lowest BCUT2D eigenvalue weighted by molar-refractivity contribution is -0.135. The van der Waals surface area contributed by atoms with Crippen molar-refractivity contribution in [3.63, 3.8) is 0 Å². The number of ether oxygens (including phenoxy) is 1. The minimum absolute atomic E-state index is 0.000983. The highest BCUT2D eigenvalue weighted by Gasteiger charge is 2.35. The van der Waals surface area contributed by atoms with Crippen molar-refractivity contribution in [3.8, 4) is 0 Å². The van der Waals surface area contributed by atoms with Crippen LogP contribution in [0.4, 0.5) is 0 Å². The Morgan fingerprint density at radius 3 is 2.53 bits per heavy atom. The largest absolute Gasteiger partial charge is 0.465 e. The van der Waals surface area contributed by atoms with Gasteiger partial charge in [0.25, 0.3) is 10.0 Å². The van der Waals surface area contributed by atoms with E-state index >= 15 is 0 Å². The molecule has 1 aromatic carbocycles. The lowest BCUT2D eigenvalue weighted by Gasteiger charge is -2.28. The zero-order valence-corrected chi connectivity index (χ0v) is 19.3. The van der Waals surface area contributed by atoms with Gasteiger partial charge in [0.1, 0.15) is 4.21 Å². The number of esters is 1. The molecule has 30 heavy (non-hydrogen) atoms. The van der Waals surface area contributed by atoms with Crippen LogP contribution in [-0.2, 0) is 39.1 Å². The summed E-state index contributed by atoms with van der Waals surface area (Å²) in [5.41, 5.74) is 1.45. The molecule has 0 fully saturated rings. The van der Waals surface area contributed by atoms with Crippen molar-refractivity contribution in [2.24, 2.45) is 5.92 Å². The summed E-state index contributed by atoms with van der Waals surface area (Å²) in [6, 6.07) is 6.80. The third-order valence-electron chi connectivity index (χ3n) is 4.84. The molecule has 3 rings (SSSR count). The number of methoxy groups -OCH3 is 1. The Labute approximate surface area is 185 Å². The Balaban J connectivity index is 1.92. The maximum atomic E-state index is 13.0. The van der Waals surface area contributed by atoms with Crippen molar-refractivity contribution in [2.75, 3.05) is 13.7 Å². The number of nitrogens with zero attached hydrogens (tertiary/aromatic N) is 1.